The first kappa shape index (κ1) is 14.3. The first-order chi connectivity index (χ1) is 10.8. The van der Waals surface area contributed by atoms with Crippen LogP contribution in [0.5, 0.6) is 0 Å². The number of aromatic nitrogens is 2. The van der Waals surface area contributed by atoms with Gasteiger partial charge in [0.05, 0.1) is 0 Å². The van der Waals surface area contributed by atoms with Gasteiger partial charge in [-0.05, 0) is 49.2 Å². The highest BCUT2D eigenvalue weighted by molar-refractivity contribution is 6.06. The number of aromatic amines is 1. The van der Waals surface area contributed by atoms with E-state index in [1.165, 1.54) is 5.56 Å². The van der Waals surface area contributed by atoms with Crippen molar-refractivity contribution in [1.29, 1.82) is 0 Å². The molecule has 4 heteroatoms. The number of likely N-dealkylation sites (N-methyl/N-ethyl adjacent to an activating group) is 1. The molecule has 112 valence electrons. The van der Waals surface area contributed by atoms with Crippen LogP contribution in [0.25, 0.3) is 10.9 Å². The molecule has 4 nitrogen and oxygen atoms in total. The van der Waals surface area contributed by atoms with E-state index < -0.39 is 0 Å². The Balaban J connectivity index is 1.78. The van der Waals surface area contributed by atoms with Crippen LogP contribution < -0.4 is 0 Å². The first-order valence-corrected chi connectivity index (χ1v) is 7.54. The summed E-state index contributed by atoms with van der Waals surface area (Å²) in [7, 11) is 0. The fourth-order valence-corrected chi connectivity index (χ4v) is 2.66. The molecule has 0 atom stereocenters. The van der Waals surface area contributed by atoms with Crippen molar-refractivity contribution in [2.75, 3.05) is 13.1 Å². The molecule has 0 spiro atoms. The monoisotopic (exact) mass is 293 g/mol. The molecule has 2 aromatic heterocycles. The Bertz CT molecular complexity index is 764. The van der Waals surface area contributed by atoms with Crippen molar-refractivity contribution in [2.45, 2.75) is 13.3 Å². The largest absolute Gasteiger partial charge is 0.361 e. The minimum atomic E-state index is 0.0850. The lowest BCUT2D eigenvalue weighted by atomic mass is 10.1. The number of H-pyrrole nitrogens is 1. The lowest BCUT2D eigenvalue weighted by Gasteiger charge is -2.21. The fourth-order valence-electron chi connectivity index (χ4n) is 2.66. The highest BCUT2D eigenvalue weighted by atomic mass is 16.2. The Kier molecular flexibility index (Phi) is 4.19. The number of hydrogen-bond donors (Lipinski definition) is 1. The number of pyridine rings is 1. The van der Waals surface area contributed by atoms with E-state index in [4.69, 9.17) is 0 Å². The fraction of sp³-hybridized carbons (Fsp3) is 0.222. The number of benzene rings is 1. The van der Waals surface area contributed by atoms with Gasteiger partial charge in [-0.2, -0.15) is 0 Å². The third kappa shape index (κ3) is 2.86. The number of carbonyl (C=O) groups is 1. The summed E-state index contributed by atoms with van der Waals surface area (Å²) >= 11 is 0. The van der Waals surface area contributed by atoms with Crippen LogP contribution in [0.3, 0.4) is 0 Å². The average molecular weight is 293 g/mol. The van der Waals surface area contributed by atoms with Crippen LogP contribution in [0.4, 0.5) is 0 Å². The van der Waals surface area contributed by atoms with E-state index in [2.05, 4.69) is 9.97 Å². The van der Waals surface area contributed by atoms with Gasteiger partial charge in [0.25, 0.3) is 5.91 Å². The summed E-state index contributed by atoms with van der Waals surface area (Å²) < 4.78 is 0. The Hall–Kier alpha value is -2.62. The van der Waals surface area contributed by atoms with E-state index in [0.29, 0.717) is 13.1 Å². The van der Waals surface area contributed by atoms with E-state index >= 15 is 0 Å². The van der Waals surface area contributed by atoms with Crippen LogP contribution in [0.1, 0.15) is 22.8 Å². The molecule has 0 aliphatic carbocycles. The Morgan fingerprint density at radius 3 is 2.77 bits per heavy atom. The van der Waals surface area contributed by atoms with Crippen molar-refractivity contribution in [2.24, 2.45) is 0 Å². The van der Waals surface area contributed by atoms with E-state index in [1.54, 1.807) is 12.4 Å². The molecule has 0 aliphatic rings. The molecular weight excluding hydrogens is 274 g/mol. The minimum Gasteiger partial charge on any atom is -0.361 e. The summed E-state index contributed by atoms with van der Waals surface area (Å²) in [5.41, 5.74) is 2.95. The van der Waals surface area contributed by atoms with Gasteiger partial charge in [-0.3, -0.25) is 9.78 Å². The maximum Gasteiger partial charge on any atom is 0.254 e. The van der Waals surface area contributed by atoms with Gasteiger partial charge in [-0.1, -0.05) is 6.07 Å². The van der Waals surface area contributed by atoms with Crippen molar-refractivity contribution in [3.05, 3.63) is 66.1 Å². The lowest BCUT2D eigenvalue weighted by molar-refractivity contribution is 0.0768. The summed E-state index contributed by atoms with van der Waals surface area (Å²) in [6.45, 7) is 3.42. The summed E-state index contributed by atoms with van der Waals surface area (Å²) in [4.78, 5) is 21.9. The molecule has 2 heterocycles. The molecule has 22 heavy (non-hydrogen) atoms. The van der Waals surface area contributed by atoms with Crippen LogP contribution in [-0.4, -0.2) is 33.9 Å². The van der Waals surface area contributed by atoms with Crippen molar-refractivity contribution >= 4 is 16.8 Å². The Labute approximate surface area is 129 Å². The molecule has 0 aliphatic heterocycles. The van der Waals surface area contributed by atoms with Crippen LogP contribution in [0.15, 0.2) is 55.0 Å². The highest BCUT2D eigenvalue weighted by Crippen LogP contribution is 2.19. The van der Waals surface area contributed by atoms with E-state index in [1.807, 2.05) is 54.4 Å². The molecule has 0 bridgehead atoms. The van der Waals surface area contributed by atoms with Gasteiger partial charge >= 0.3 is 0 Å². The molecule has 0 saturated carbocycles. The van der Waals surface area contributed by atoms with E-state index in [0.717, 1.165) is 22.9 Å². The Morgan fingerprint density at radius 2 is 2.00 bits per heavy atom. The number of amides is 1. The molecule has 3 rings (SSSR count). The maximum atomic E-state index is 12.8. The third-order valence-corrected chi connectivity index (χ3v) is 3.91. The molecule has 0 saturated heterocycles. The smallest absolute Gasteiger partial charge is 0.254 e. The van der Waals surface area contributed by atoms with E-state index in [9.17, 15) is 4.79 Å². The molecule has 0 unspecified atom stereocenters. The standard InChI is InChI=1S/C18H19N3O/c1-2-21(13-9-14-6-10-19-11-7-14)18(22)16-4-3-5-17-15(16)8-12-20-17/h3-8,10-12,20H,2,9,13H2,1H3. The summed E-state index contributed by atoms with van der Waals surface area (Å²) in [5.74, 6) is 0.0850. The molecular formula is C18H19N3O. The number of rotatable bonds is 5. The summed E-state index contributed by atoms with van der Waals surface area (Å²) in [6, 6.07) is 11.7. The second-order valence-corrected chi connectivity index (χ2v) is 5.23. The normalized spacial score (nSPS) is 10.8. The topological polar surface area (TPSA) is 49.0 Å². The predicted molar refractivity (Wildman–Crippen MR) is 87.8 cm³/mol. The van der Waals surface area contributed by atoms with Gasteiger partial charge in [0.2, 0.25) is 0 Å². The van der Waals surface area contributed by atoms with Gasteiger partial charge in [-0.15, -0.1) is 0 Å². The molecule has 1 aromatic carbocycles. The minimum absolute atomic E-state index is 0.0850. The molecule has 3 aromatic rings. The molecule has 0 radical (unpaired) electrons. The number of nitrogens with zero attached hydrogens (tertiary/aromatic N) is 2. The SMILES string of the molecule is CCN(CCc1ccncc1)C(=O)c1cccc2[nH]ccc12. The van der Waals surface area contributed by atoms with Crippen LogP contribution >= 0.6 is 0 Å². The van der Waals surface area contributed by atoms with Gasteiger partial charge < -0.3 is 9.88 Å². The number of nitrogens with one attached hydrogen (secondary N) is 1. The zero-order valence-corrected chi connectivity index (χ0v) is 12.6. The van der Waals surface area contributed by atoms with Crippen molar-refractivity contribution in [1.82, 2.24) is 14.9 Å². The number of fused-ring (bicyclic) bond motifs is 1. The number of carbonyl (C=O) groups excluding carboxylic acids is 1. The van der Waals surface area contributed by atoms with Crippen LogP contribution in [-0.2, 0) is 6.42 Å². The molecule has 1 N–H and O–H groups in total. The third-order valence-electron chi connectivity index (χ3n) is 3.91. The van der Waals surface area contributed by atoms with Crippen molar-refractivity contribution < 1.29 is 4.79 Å². The zero-order chi connectivity index (χ0) is 15.4. The van der Waals surface area contributed by atoms with Crippen molar-refractivity contribution in [3.8, 4) is 0 Å². The van der Waals surface area contributed by atoms with Crippen LogP contribution in [0, 0.1) is 0 Å². The first-order valence-electron chi connectivity index (χ1n) is 7.54. The predicted octanol–water partition coefficient (Wildman–Crippen LogP) is 3.27. The average Bonchev–Trinajstić information content (AvgIpc) is 3.04. The second kappa shape index (κ2) is 6.43. The maximum absolute atomic E-state index is 12.8. The van der Waals surface area contributed by atoms with Crippen LogP contribution in [0.2, 0.25) is 0 Å². The second-order valence-electron chi connectivity index (χ2n) is 5.23. The molecule has 0 fully saturated rings. The number of hydrogen-bond acceptors (Lipinski definition) is 2. The van der Waals surface area contributed by atoms with Gasteiger partial charge in [0.1, 0.15) is 0 Å². The zero-order valence-electron chi connectivity index (χ0n) is 12.6. The summed E-state index contributed by atoms with van der Waals surface area (Å²) in [5, 5.41) is 0.981. The quantitative estimate of drug-likeness (QED) is 0.785. The van der Waals surface area contributed by atoms with E-state index in [-0.39, 0.29) is 5.91 Å². The van der Waals surface area contributed by atoms with Gasteiger partial charge in [0, 0.05) is 48.1 Å². The summed E-state index contributed by atoms with van der Waals surface area (Å²) in [6.07, 6.45) is 6.28. The van der Waals surface area contributed by atoms with Gasteiger partial charge in [-0.25, -0.2) is 0 Å². The van der Waals surface area contributed by atoms with Gasteiger partial charge in [0.15, 0.2) is 0 Å². The lowest BCUT2D eigenvalue weighted by Crippen LogP contribution is -2.32. The highest BCUT2D eigenvalue weighted by Gasteiger charge is 2.16. The molecule has 1 amide bonds. The Morgan fingerprint density at radius 1 is 1.18 bits per heavy atom. The van der Waals surface area contributed by atoms with Crippen molar-refractivity contribution in [3.63, 3.8) is 0 Å².